The quantitative estimate of drug-likeness (QED) is 0.275. The molecule has 114 valence electrons. The molecule has 0 unspecified atom stereocenters. The largest absolute Gasteiger partial charge is 0.493 e. The van der Waals surface area contributed by atoms with Gasteiger partial charge in [-0.2, -0.15) is 0 Å². The predicted octanol–water partition coefficient (Wildman–Crippen LogP) is 2.51. The second kappa shape index (κ2) is 5.59. The maximum Gasteiger partial charge on any atom is 0.272 e. The van der Waals surface area contributed by atoms with Crippen molar-refractivity contribution >= 4 is 11.5 Å². The molecule has 0 saturated heterocycles. The van der Waals surface area contributed by atoms with E-state index >= 15 is 0 Å². The van der Waals surface area contributed by atoms with Crippen molar-refractivity contribution in [3.63, 3.8) is 0 Å². The van der Waals surface area contributed by atoms with E-state index in [0.717, 1.165) is 18.4 Å². The molecule has 0 radical (unpaired) electrons. The van der Waals surface area contributed by atoms with Crippen LogP contribution < -0.4 is 10.5 Å². The first-order chi connectivity index (χ1) is 9.87. The van der Waals surface area contributed by atoms with E-state index in [1.54, 1.807) is 19.9 Å². The second-order valence-electron chi connectivity index (χ2n) is 5.72. The van der Waals surface area contributed by atoms with Gasteiger partial charge in [-0.25, -0.2) is 0 Å². The molecule has 0 aliphatic heterocycles. The fourth-order valence-corrected chi connectivity index (χ4v) is 2.33. The van der Waals surface area contributed by atoms with Crippen molar-refractivity contribution in [3.05, 3.63) is 33.4 Å². The molecule has 1 aromatic rings. The molecule has 0 atom stereocenters. The summed E-state index contributed by atoms with van der Waals surface area (Å²) in [4.78, 5) is 10.5. The SMILES string of the molecule is Cc1cc([N+](=O)[O-])c(C)cc1OCC1(CC(N)=NO)CC1. The standard InChI is InChI=1S/C14H19N3O4/c1-9-6-12(10(2)5-11(9)17(19)20)21-8-14(3-4-14)7-13(15)16-18/h5-6,18H,3-4,7-8H2,1-2H3,(H2,15,16). The lowest BCUT2D eigenvalue weighted by Crippen LogP contribution is -2.22. The van der Waals surface area contributed by atoms with Gasteiger partial charge in [0.1, 0.15) is 11.6 Å². The Balaban J connectivity index is 2.07. The highest BCUT2D eigenvalue weighted by Gasteiger charge is 2.44. The molecular weight excluding hydrogens is 274 g/mol. The highest BCUT2D eigenvalue weighted by atomic mass is 16.6. The van der Waals surface area contributed by atoms with Crippen LogP contribution in [0.25, 0.3) is 0 Å². The van der Waals surface area contributed by atoms with E-state index in [2.05, 4.69) is 5.16 Å². The summed E-state index contributed by atoms with van der Waals surface area (Å²) >= 11 is 0. The average molecular weight is 293 g/mol. The van der Waals surface area contributed by atoms with E-state index in [-0.39, 0.29) is 16.9 Å². The lowest BCUT2D eigenvalue weighted by atomic mass is 10.0. The van der Waals surface area contributed by atoms with Gasteiger partial charge in [0.2, 0.25) is 0 Å². The summed E-state index contributed by atoms with van der Waals surface area (Å²) < 4.78 is 5.81. The molecular formula is C14H19N3O4. The third-order valence-electron chi connectivity index (χ3n) is 3.87. The maximum atomic E-state index is 10.9. The number of hydrogen-bond donors (Lipinski definition) is 2. The van der Waals surface area contributed by atoms with Crippen LogP contribution in [0.1, 0.15) is 30.4 Å². The minimum absolute atomic E-state index is 0.0710. The smallest absolute Gasteiger partial charge is 0.272 e. The average Bonchev–Trinajstić information content (AvgIpc) is 3.19. The van der Waals surface area contributed by atoms with Crippen molar-refractivity contribution in [3.8, 4) is 5.75 Å². The molecule has 0 amide bonds. The molecule has 1 saturated carbocycles. The number of nitro benzene ring substituents is 1. The monoisotopic (exact) mass is 293 g/mol. The first-order valence-electron chi connectivity index (χ1n) is 6.72. The van der Waals surface area contributed by atoms with Gasteiger partial charge >= 0.3 is 0 Å². The Morgan fingerprint density at radius 3 is 2.67 bits per heavy atom. The van der Waals surface area contributed by atoms with Crippen LogP contribution in [0.2, 0.25) is 0 Å². The highest BCUT2D eigenvalue weighted by molar-refractivity contribution is 5.80. The first-order valence-corrected chi connectivity index (χ1v) is 6.72. The summed E-state index contributed by atoms with van der Waals surface area (Å²) in [5, 5.41) is 22.5. The van der Waals surface area contributed by atoms with Gasteiger partial charge in [0.25, 0.3) is 5.69 Å². The summed E-state index contributed by atoms with van der Waals surface area (Å²) in [5.74, 6) is 0.844. The number of nitrogens with two attached hydrogens (primary N) is 1. The molecule has 3 N–H and O–H groups in total. The minimum Gasteiger partial charge on any atom is -0.493 e. The molecule has 21 heavy (non-hydrogen) atoms. The number of nitro groups is 1. The van der Waals surface area contributed by atoms with E-state index in [1.807, 2.05) is 0 Å². The molecule has 0 heterocycles. The van der Waals surface area contributed by atoms with Crippen LogP contribution >= 0.6 is 0 Å². The van der Waals surface area contributed by atoms with Gasteiger partial charge in [0.05, 0.1) is 11.5 Å². The molecule has 1 aliphatic rings. The summed E-state index contributed by atoms with van der Waals surface area (Å²) in [7, 11) is 0. The first kappa shape index (κ1) is 15.1. The number of nitrogens with zero attached hydrogens (tertiary/aromatic N) is 2. The molecule has 0 bridgehead atoms. The lowest BCUT2D eigenvalue weighted by Gasteiger charge is -2.17. The van der Waals surface area contributed by atoms with Gasteiger partial charge in [0, 0.05) is 23.5 Å². The zero-order valence-corrected chi connectivity index (χ0v) is 12.1. The summed E-state index contributed by atoms with van der Waals surface area (Å²) in [6.45, 7) is 3.93. The molecule has 1 aliphatic carbocycles. The second-order valence-corrected chi connectivity index (χ2v) is 5.72. The summed E-state index contributed by atoms with van der Waals surface area (Å²) in [5.41, 5.74) is 6.87. The molecule has 0 spiro atoms. The number of hydrogen-bond acceptors (Lipinski definition) is 5. The van der Waals surface area contributed by atoms with Crippen molar-refractivity contribution in [1.82, 2.24) is 0 Å². The fourth-order valence-electron chi connectivity index (χ4n) is 2.33. The Labute approximate surface area is 122 Å². The maximum absolute atomic E-state index is 10.9. The van der Waals surface area contributed by atoms with Crippen LogP contribution in [0.4, 0.5) is 5.69 Å². The van der Waals surface area contributed by atoms with Crippen LogP contribution in [0.5, 0.6) is 5.75 Å². The van der Waals surface area contributed by atoms with Gasteiger partial charge in [-0.05, 0) is 38.3 Å². The Hall–Kier alpha value is -2.31. The van der Waals surface area contributed by atoms with E-state index in [9.17, 15) is 10.1 Å². The van der Waals surface area contributed by atoms with Crippen LogP contribution in [0.15, 0.2) is 17.3 Å². The highest BCUT2D eigenvalue weighted by Crippen LogP contribution is 2.49. The zero-order valence-electron chi connectivity index (χ0n) is 12.1. The van der Waals surface area contributed by atoms with Gasteiger partial charge in [-0.15, -0.1) is 0 Å². The topological polar surface area (TPSA) is 111 Å². The Morgan fingerprint density at radius 1 is 1.48 bits per heavy atom. The van der Waals surface area contributed by atoms with E-state index in [0.29, 0.717) is 24.3 Å². The summed E-state index contributed by atoms with van der Waals surface area (Å²) in [6.07, 6.45) is 2.43. The predicted molar refractivity (Wildman–Crippen MR) is 77.8 cm³/mol. The van der Waals surface area contributed by atoms with E-state index in [1.165, 1.54) is 6.07 Å². The van der Waals surface area contributed by atoms with Crippen molar-refractivity contribution in [2.75, 3.05) is 6.61 Å². The van der Waals surface area contributed by atoms with Gasteiger partial charge < -0.3 is 15.7 Å². The van der Waals surface area contributed by atoms with Crippen molar-refractivity contribution in [1.29, 1.82) is 0 Å². The third-order valence-corrected chi connectivity index (χ3v) is 3.87. The third kappa shape index (κ3) is 3.42. The Kier molecular flexibility index (Phi) is 4.02. The molecule has 2 rings (SSSR count). The minimum atomic E-state index is -0.396. The van der Waals surface area contributed by atoms with Crippen LogP contribution in [0, 0.1) is 29.4 Å². The zero-order chi connectivity index (χ0) is 15.6. The van der Waals surface area contributed by atoms with Crippen molar-refractivity contribution < 1.29 is 14.9 Å². The fraction of sp³-hybridized carbons (Fsp3) is 0.500. The number of rotatable bonds is 6. The van der Waals surface area contributed by atoms with E-state index in [4.69, 9.17) is 15.7 Å². The van der Waals surface area contributed by atoms with Gasteiger partial charge in [-0.1, -0.05) is 5.16 Å². The van der Waals surface area contributed by atoms with Crippen molar-refractivity contribution in [2.24, 2.45) is 16.3 Å². The number of benzene rings is 1. The van der Waals surface area contributed by atoms with Crippen LogP contribution in [-0.4, -0.2) is 22.6 Å². The molecule has 1 fully saturated rings. The van der Waals surface area contributed by atoms with Gasteiger partial charge in [-0.3, -0.25) is 10.1 Å². The van der Waals surface area contributed by atoms with Gasteiger partial charge in [0.15, 0.2) is 0 Å². The number of ether oxygens (including phenoxy) is 1. The summed E-state index contributed by atoms with van der Waals surface area (Å²) in [6, 6.07) is 3.21. The Morgan fingerprint density at radius 2 is 2.14 bits per heavy atom. The molecule has 1 aromatic carbocycles. The van der Waals surface area contributed by atoms with E-state index < -0.39 is 4.92 Å². The Bertz CT molecular complexity index is 594. The molecule has 0 aromatic heterocycles. The lowest BCUT2D eigenvalue weighted by molar-refractivity contribution is -0.385. The molecule has 7 heteroatoms. The normalized spacial score (nSPS) is 16.6. The number of aryl methyl sites for hydroxylation is 2. The number of amidine groups is 1. The van der Waals surface area contributed by atoms with Crippen LogP contribution in [-0.2, 0) is 0 Å². The van der Waals surface area contributed by atoms with Crippen LogP contribution in [0.3, 0.4) is 0 Å². The number of oxime groups is 1. The molecule has 7 nitrogen and oxygen atoms in total. The van der Waals surface area contributed by atoms with Crippen molar-refractivity contribution in [2.45, 2.75) is 33.1 Å².